The highest BCUT2D eigenvalue weighted by atomic mass is 28.3. The molecule has 0 aromatic carbocycles. The lowest BCUT2D eigenvalue weighted by Crippen LogP contribution is -2.21. The number of nitrogens with one attached hydrogen (secondary N) is 1. The third-order valence-corrected chi connectivity index (χ3v) is 3.26. The normalized spacial score (nSPS) is 12.9. The Bertz CT molecular complexity index is 320. The second-order valence-electron chi connectivity index (χ2n) is 3.76. The Morgan fingerprint density at radius 1 is 0.824 bits per heavy atom. The van der Waals surface area contributed by atoms with Gasteiger partial charge in [-0.1, -0.05) is 19.3 Å². The van der Waals surface area contributed by atoms with E-state index >= 15 is 0 Å². The van der Waals surface area contributed by atoms with Crippen LogP contribution in [0.15, 0.2) is 24.3 Å². The lowest BCUT2D eigenvalue weighted by molar-refractivity contribution is 0.163. The molecule has 2 aromatic heterocycles. The van der Waals surface area contributed by atoms with Crippen LogP contribution in [0.2, 0.25) is 0 Å². The third kappa shape index (κ3) is 6.43. The average Bonchev–Trinajstić information content (AvgIpc) is 3.10. The van der Waals surface area contributed by atoms with Crippen LogP contribution < -0.4 is 0 Å². The van der Waals surface area contributed by atoms with Gasteiger partial charge < -0.3 is 18.3 Å². The Labute approximate surface area is 104 Å². The van der Waals surface area contributed by atoms with Gasteiger partial charge in [-0.3, -0.25) is 0 Å². The molecule has 0 aliphatic heterocycles. The summed E-state index contributed by atoms with van der Waals surface area (Å²) in [5.74, 6) is 0. The zero-order chi connectivity index (χ0) is 12.5. The van der Waals surface area contributed by atoms with Crippen LogP contribution in [0, 0.1) is 0 Å². The summed E-state index contributed by atoms with van der Waals surface area (Å²) in [6.07, 6.45) is 4.50. The molecular formula is C12H21NO3Si. The number of fused-ring (bicyclic) bond motifs is 2. The number of rotatable bonds is 3. The van der Waals surface area contributed by atoms with Crippen molar-refractivity contribution < 1.29 is 13.3 Å². The summed E-state index contributed by atoms with van der Waals surface area (Å²) in [4.78, 5) is 3.14. The van der Waals surface area contributed by atoms with Crippen LogP contribution in [-0.4, -0.2) is 35.8 Å². The molecular weight excluding hydrogens is 234 g/mol. The maximum atomic E-state index is 4.74. The zero-order valence-electron chi connectivity index (χ0n) is 10.7. The first-order valence-corrected chi connectivity index (χ1v) is 7.17. The maximum absolute atomic E-state index is 4.74. The van der Waals surface area contributed by atoms with Crippen LogP contribution >= 0.6 is 0 Å². The van der Waals surface area contributed by atoms with Crippen molar-refractivity contribution in [3.63, 3.8) is 0 Å². The van der Waals surface area contributed by atoms with Crippen LogP contribution in [-0.2, 0) is 13.3 Å². The number of hydrogen-bond acceptors (Lipinski definition) is 3. The van der Waals surface area contributed by atoms with E-state index in [0.29, 0.717) is 0 Å². The van der Waals surface area contributed by atoms with Crippen molar-refractivity contribution in [2.45, 2.75) is 19.3 Å². The van der Waals surface area contributed by atoms with E-state index in [9.17, 15) is 0 Å². The van der Waals surface area contributed by atoms with Crippen molar-refractivity contribution >= 4 is 20.6 Å². The van der Waals surface area contributed by atoms with Gasteiger partial charge in [0.05, 0.1) is 0 Å². The van der Waals surface area contributed by atoms with Crippen molar-refractivity contribution in [2.75, 3.05) is 21.3 Å². The minimum Gasteiger partial charge on any atom is -0.379 e. The number of aromatic nitrogens is 1. The predicted octanol–water partition coefficient (Wildman–Crippen LogP) is 2.42. The monoisotopic (exact) mass is 255 g/mol. The molecule has 2 heterocycles. The zero-order valence-corrected chi connectivity index (χ0v) is 11.9. The fraction of sp³-hybridized carbons (Fsp3) is 0.500. The van der Waals surface area contributed by atoms with E-state index in [4.69, 9.17) is 13.3 Å². The van der Waals surface area contributed by atoms with E-state index in [1.54, 1.807) is 21.3 Å². The molecule has 1 fully saturated rings. The van der Waals surface area contributed by atoms with E-state index in [1.807, 2.05) is 0 Å². The molecule has 0 atom stereocenters. The summed E-state index contributed by atoms with van der Waals surface area (Å²) in [7, 11) is 3.05. The largest absolute Gasteiger partial charge is 0.483 e. The lowest BCUT2D eigenvalue weighted by atomic mass is 10.4. The van der Waals surface area contributed by atoms with Gasteiger partial charge in [0.2, 0.25) is 0 Å². The van der Waals surface area contributed by atoms with E-state index in [-0.39, 0.29) is 0 Å². The summed E-state index contributed by atoms with van der Waals surface area (Å²) in [5.41, 5.74) is 2.44. The molecule has 0 radical (unpaired) electrons. The number of benzene rings is 1. The van der Waals surface area contributed by atoms with Gasteiger partial charge in [-0.2, -0.15) is 0 Å². The Morgan fingerprint density at radius 3 is 1.24 bits per heavy atom. The molecule has 2 aromatic rings. The third-order valence-electron chi connectivity index (χ3n) is 2.10. The lowest BCUT2D eigenvalue weighted by Gasteiger charge is -2.05. The van der Waals surface area contributed by atoms with E-state index in [0.717, 1.165) is 0 Å². The number of hydrogen-bond donors (Lipinski definition) is 1. The van der Waals surface area contributed by atoms with Crippen LogP contribution in [0.3, 0.4) is 0 Å². The Morgan fingerprint density at radius 2 is 1.18 bits per heavy atom. The quantitative estimate of drug-likeness (QED) is 0.857. The van der Waals surface area contributed by atoms with Crippen LogP contribution in [0.1, 0.15) is 19.3 Å². The second kappa shape index (κ2) is 8.24. The van der Waals surface area contributed by atoms with Crippen LogP contribution in [0.4, 0.5) is 0 Å². The number of aromatic amines is 1. The summed E-state index contributed by atoms with van der Waals surface area (Å²) < 4.78 is 14.2. The molecule has 0 amide bonds. The molecule has 1 aliphatic rings. The fourth-order valence-electron chi connectivity index (χ4n) is 1.09. The second-order valence-corrected chi connectivity index (χ2v) is 5.75. The highest BCUT2D eigenvalue weighted by Gasteiger charge is 2.04. The molecule has 5 heteroatoms. The van der Waals surface area contributed by atoms with Crippen LogP contribution in [0.5, 0.6) is 0 Å². The molecule has 1 N–H and O–H groups in total. The molecule has 2 bridgehead atoms. The summed E-state index contributed by atoms with van der Waals surface area (Å²) in [5, 5.41) is 0. The van der Waals surface area contributed by atoms with Crippen molar-refractivity contribution in [1.29, 1.82) is 0 Å². The van der Waals surface area contributed by atoms with Crippen molar-refractivity contribution in [1.82, 2.24) is 4.98 Å². The Hall–Kier alpha value is -0.883. The highest BCUT2D eigenvalue weighted by Crippen LogP contribution is 2.14. The van der Waals surface area contributed by atoms with Crippen LogP contribution in [0.25, 0.3) is 11.0 Å². The van der Waals surface area contributed by atoms with Gasteiger partial charge in [-0.05, 0) is 24.3 Å². The molecule has 0 saturated heterocycles. The van der Waals surface area contributed by atoms with E-state index in [2.05, 4.69) is 29.2 Å². The first-order chi connectivity index (χ1) is 8.30. The average molecular weight is 255 g/mol. The first-order valence-electron chi connectivity index (χ1n) is 5.75. The van der Waals surface area contributed by atoms with Crippen molar-refractivity contribution in [3.8, 4) is 0 Å². The van der Waals surface area contributed by atoms with Gasteiger partial charge in [-0.15, -0.1) is 0 Å². The van der Waals surface area contributed by atoms with Gasteiger partial charge in [0, 0.05) is 32.4 Å². The molecule has 1 aliphatic carbocycles. The topological polar surface area (TPSA) is 43.5 Å². The van der Waals surface area contributed by atoms with Gasteiger partial charge >= 0.3 is 9.53 Å². The molecule has 3 rings (SSSR count). The Kier molecular flexibility index (Phi) is 6.88. The minimum atomic E-state index is -1.67. The van der Waals surface area contributed by atoms with Gasteiger partial charge in [0.25, 0.3) is 0 Å². The molecule has 96 valence electrons. The summed E-state index contributed by atoms with van der Waals surface area (Å²) in [6, 6.07) is 8.26. The van der Waals surface area contributed by atoms with Crippen molar-refractivity contribution in [3.05, 3.63) is 24.3 Å². The summed E-state index contributed by atoms with van der Waals surface area (Å²) in [6.45, 7) is 0. The predicted molar refractivity (Wildman–Crippen MR) is 71.5 cm³/mol. The molecule has 17 heavy (non-hydrogen) atoms. The van der Waals surface area contributed by atoms with Gasteiger partial charge in [0.1, 0.15) is 0 Å². The summed E-state index contributed by atoms with van der Waals surface area (Å²) >= 11 is 0. The smallest absolute Gasteiger partial charge is 0.379 e. The molecule has 0 spiro atoms. The molecule has 0 unspecified atom stereocenters. The SMILES string of the molecule is C1CC1.CO[SiH](OC)OC.c1cc2ccc1[nH]2. The van der Waals surface area contributed by atoms with E-state index in [1.165, 1.54) is 30.3 Å². The van der Waals surface area contributed by atoms with Gasteiger partial charge in [-0.25, -0.2) is 0 Å². The molecule has 1 saturated carbocycles. The first kappa shape index (κ1) is 14.2. The highest BCUT2D eigenvalue weighted by molar-refractivity contribution is 6.36. The van der Waals surface area contributed by atoms with Crippen molar-refractivity contribution in [2.24, 2.45) is 0 Å². The van der Waals surface area contributed by atoms with Gasteiger partial charge in [0.15, 0.2) is 0 Å². The number of H-pyrrole nitrogens is 1. The standard InChI is InChI=1S/C6H5N.C3H10O3Si.C3H6/c1-2-6-4-3-5(1)7-6;1-4-7(5-2)6-3;1-2-3-1/h1-4,7H;7H,1-3H3;1-3H2. The molecule has 4 nitrogen and oxygen atoms in total. The fourth-order valence-corrected chi connectivity index (χ4v) is 1.67. The maximum Gasteiger partial charge on any atom is 0.483 e. The minimum absolute atomic E-state index is 1.22. The Balaban J connectivity index is 0.000000137. The van der Waals surface area contributed by atoms with E-state index < -0.39 is 9.53 Å².